The molecule has 0 aliphatic heterocycles. The van der Waals surface area contributed by atoms with E-state index in [0.29, 0.717) is 17.0 Å². The molecule has 0 aliphatic carbocycles. The fourth-order valence-corrected chi connectivity index (χ4v) is 2.20. The number of hydrogen-bond donors (Lipinski definition) is 0. The summed E-state index contributed by atoms with van der Waals surface area (Å²) in [5, 5.41) is 9.30. The maximum absolute atomic E-state index is 10.9. The van der Waals surface area contributed by atoms with Crippen LogP contribution in [0.5, 0.6) is 5.75 Å². The number of ether oxygens (including phenoxy) is 2. The van der Waals surface area contributed by atoms with Gasteiger partial charge in [0.15, 0.2) is 6.79 Å². The van der Waals surface area contributed by atoms with E-state index in [9.17, 15) is 4.79 Å². The minimum absolute atomic E-state index is 0.160. The number of rotatable bonds is 5. The van der Waals surface area contributed by atoms with Crippen molar-refractivity contribution in [1.82, 2.24) is 10.2 Å². The number of nitrogens with zero attached hydrogens (tertiary/aromatic N) is 2. The molecular formula is C17H14N2O3. The number of carbonyl (C=O) groups excluding carboxylic acids is 1. The summed E-state index contributed by atoms with van der Waals surface area (Å²) in [6.07, 6.45) is 0.815. The molecule has 5 heteroatoms. The molecule has 22 heavy (non-hydrogen) atoms. The Morgan fingerprint density at radius 1 is 1.09 bits per heavy atom. The van der Waals surface area contributed by atoms with Crippen LogP contribution in [0.1, 0.15) is 10.4 Å². The summed E-state index contributed by atoms with van der Waals surface area (Å²) in [5.41, 5.74) is 2.85. The van der Waals surface area contributed by atoms with Crippen LogP contribution in [-0.4, -0.2) is 30.4 Å². The molecule has 3 aromatic rings. The Kier molecular flexibility index (Phi) is 4.07. The molecule has 0 unspecified atom stereocenters. The van der Waals surface area contributed by atoms with Crippen molar-refractivity contribution in [2.24, 2.45) is 0 Å². The summed E-state index contributed by atoms with van der Waals surface area (Å²) >= 11 is 0. The van der Waals surface area contributed by atoms with Crippen LogP contribution in [0, 0.1) is 0 Å². The Bertz CT molecular complexity index is 818. The molecule has 0 aliphatic rings. The Balaban J connectivity index is 2.08. The minimum atomic E-state index is 0.160. The molecule has 0 spiro atoms. The van der Waals surface area contributed by atoms with Crippen molar-refractivity contribution in [2.45, 2.75) is 0 Å². The molecule has 3 rings (SSSR count). The highest BCUT2D eigenvalue weighted by molar-refractivity contribution is 5.88. The minimum Gasteiger partial charge on any atom is -0.467 e. The lowest BCUT2D eigenvalue weighted by Gasteiger charge is -2.10. The zero-order valence-corrected chi connectivity index (χ0v) is 12.0. The zero-order chi connectivity index (χ0) is 15.4. The summed E-state index contributed by atoms with van der Waals surface area (Å²) < 4.78 is 10.5. The number of benzene rings is 2. The van der Waals surface area contributed by atoms with E-state index in [4.69, 9.17) is 9.47 Å². The van der Waals surface area contributed by atoms with Crippen LogP contribution in [-0.2, 0) is 4.74 Å². The van der Waals surface area contributed by atoms with Crippen LogP contribution in [0.25, 0.3) is 22.2 Å². The van der Waals surface area contributed by atoms with Gasteiger partial charge in [0.2, 0.25) is 0 Å². The predicted octanol–water partition coefficient (Wildman–Crippen LogP) is 3.09. The first-order valence-corrected chi connectivity index (χ1v) is 6.75. The summed E-state index contributed by atoms with van der Waals surface area (Å²) in [4.78, 5) is 10.9. The van der Waals surface area contributed by atoms with E-state index in [1.54, 1.807) is 25.3 Å². The molecule has 0 bridgehead atoms. The lowest BCUT2D eigenvalue weighted by Crippen LogP contribution is -2.01. The van der Waals surface area contributed by atoms with Crippen molar-refractivity contribution < 1.29 is 14.3 Å². The van der Waals surface area contributed by atoms with Crippen molar-refractivity contribution in [3.63, 3.8) is 0 Å². The van der Waals surface area contributed by atoms with Crippen molar-refractivity contribution >= 4 is 17.2 Å². The fraction of sp³-hybridized carbons (Fsp3) is 0.118. The predicted molar refractivity (Wildman–Crippen MR) is 82.9 cm³/mol. The third kappa shape index (κ3) is 2.80. The summed E-state index contributed by atoms with van der Waals surface area (Å²) in [5.74, 6) is 0.671. The second-order valence-corrected chi connectivity index (χ2v) is 4.71. The van der Waals surface area contributed by atoms with Gasteiger partial charge in [-0.05, 0) is 36.4 Å². The average molecular weight is 294 g/mol. The highest BCUT2D eigenvalue weighted by atomic mass is 16.7. The van der Waals surface area contributed by atoms with Gasteiger partial charge in [-0.2, -0.15) is 0 Å². The number of carbonyl (C=O) groups is 1. The number of aromatic nitrogens is 2. The molecule has 1 heterocycles. The smallest absolute Gasteiger partial charge is 0.188 e. The van der Waals surface area contributed by atoms with E-state index in [1.807, 2.05) is 30.3 Å². The quantitative estimate of drug-likeness (QED) is 0.534. The van der Waals surface area contributed by atoms with Crippen LogP contribution in [0.4, 0.5) is 0 Å². The van der Waals surface area contributed by atoms with Gasteiger partial charge in [0.05, 0.1) is 11.2 Å². The first-order valence-electron chi connectivity index (χ1n) is 6.75. The van der Waals surface area contributed by atoms with E-state index in [0.717, 1.165) is 22.8 Å². The van der Waals surface area contributed by atoms with Gasteiger partial charge in [-0.1, -0.05) is 12.1 Å². The topological polar surface area (TPSA) is 61.3 Å². The third-order valence-corrected chi connectivity index (χ3v) is 3.24. The maximum atomic E-state index is 10.9. The Labute approximate surface area is 127 Å². The Hall–Kier alpha value is -2.79. The second kappa shape index (κ2) is 6.32. The highest BCUT2D eigenvalue weighted by Crippen LogP contribution is 2.29. The lowest BCUT2D eigenvalue weighted by molar-refractivity contribution is 0.0515. The van der Waals surface area contributed by atoms with Gasteiger partial charge in [-0.3, -0.25) is 4.79 Å². The van der Waals surface area contributed by atoms with Gasteiger partial charge in [0.1, 0.15) is 12.0 Å². The molecule has 0 atom stereocenters. The summed E-state index contributed by atoms with van der Waals surface area (Å²) in [7, 11) is 1.57. The summed E-state index contributed by atoms with van der Waals surface area (Å²) in [6, 6.07) is 14.7. The van der Waals surface area contributed by atoms with E-state index >= 15 is 0 Å². The van der Waals surface area contributed by atoms with E-state index in [1.165, 1.54) is 0 Å². The van der Waals surface area contributed by atoms with Gasteiger partial charge < -0.3 is 9.47 Å². The van der Waals surface area contributed by atoms with Crippen LogP contribution in [0.2, 0.25) is 0 Å². The van der Waals surface area contributed by atoms with Crippen LogP contribution in [0.15, 0.2) is 48.5 Å². The van der Waals surface area contributed by atoms with E-state index in [2.05, 4.69) is 10.2 Å². The molecule has 2 aromatic carbocycles. The number of para-hydroxylation sites is 1. The summed E-state index contributed by atoms with van der Waals surface area (Å²) in [6.45, 7) is 0.160. The zero-order valence-electron chi connectivity index (χ0n) is 12.0. The maximum Gasteiger partial charge on any atom is 0.188 e. The first-order chi connectivity index (χ1) is 10.8. The van der Waals surface area contributed by atoms with E-state index < -0.39 is 0 Å². The van der Waals surface area contributed by atoms with Crippen LogP contribution in [0.3, 0.4) is 0 Å². The van der Waals surface area contributed by atoms with Crippen molar-refractivity contribution in [2.75, 3.05) is 13.9 Å². The molecule has 110 valence electrons. The fourth-order valence-electron chi connectivity index (χ4n) is 2.20. The van der Waals surface area contributed by atoms with Gasteiger partial charge >= 0.3 is 0 Å². The van der Waals surface area contributed by atoms with Gasteiger partial charge in [0, 0.05) is 23.6 Å². The molecule has 0 radical (unpaired) electrons. The van der Waals surface area contributed by atoms with Gasteiger partial charge in [-0.15, -0.1) is 10.2 Å². The Morgan fingerprint density at radius 2 is 1.95 bits per heavy atom. The molecule has 0 saturated carbocycles. The van der Waals surface area contributed by atoms with Gasteiger partial charge in [0.25, 0.3) is 0 Å². The number of fused-ring (bicyclic) bond motifs is 1. The molecule has 1 aromatic heterocycles. The van der Waals surface area contributed by atoms with E-state index in [-0.39, 0.29) is 6.79 Å². The molecule has 5 nitrogen and oxygen atoms in total. The molecule has 0 N–H and O–H groups in total. The first kappa shape index (κ1) is 14.2. The molecule has 0 fully saturated rings. The lowest BCUT2D eigenvalue weighted by atomic mass is 10.1. The molecule has 0 amide bonds. The van der Waals surface area contributed by atoms with Gasteiger partial charge in [-0.25, -0.2) is 0 Å². The van der Waals surface area contributed by atoms with Crippen LogP contribution >= 0.6 is 0 Å². The standard InChI is InChI=1S/C17H14N2O3/c1-21-11-22-17-5-3-2-4-14(17)16-9-13-8-12(10-20)6-7-15(13)18-19-16/h2-10H,11H2,1H3. The SMILES string of the molecule is COCOc1ccccc1-c1cc2cc(C=O)ccc2nn1. The van der Waals surface area contributed by atoms with Crippen molar-refractivity contribution in [3.05, 3.63) is 54.1 Å². The van der Waals surface area contributed by atoms with Crippen molar-refractivity contribution in [1.29, 1.82) is 0 Å². The Morgan fingerprint density at radius 3 is 2.77 bits per heavy atom. The van der Waals surface area contributed by atoms with Crippen molar-refractivity contribution in [3.8, 4) is 17.0 Å². The average Bonchev–Trinajstić information content (AvgIpc) is 2.59. The highest BCUT2D eigenvalue weighted by Gasteiger charge is 2.09. The normalized spacial score (nSPS) is 10.6. The number of hydrogen-bond acceptors (Lipinski definition) is 5. The molecular weight excluding hydrogens is 280 g/mol. The molecule has 0 saturated heterocycles. The largest absolute Gasteiger partial charge is 0.467 e. The second-order valence-electron chi connectivity index (χ2n) is 4.71. The third-order valence-electron chi connectivity index (χ3n) is 3.24. The number of methoxy groups -OCH3 is 1. The van der Waals surface area contributed by atoms with Crippen LogP contribution < -0.4 is 4.74 Å². The number of aldehydes is 1. The monoisotopic (exact) mass is 294 g/mol.